The summed E-state index contributed by atoms with van der Waals surface area (Å²) in [6.45, 7) is 6.03. The molecule has 134 valence electrons. The zero-order chi connectivity index (χ0) is 18.4. The number of aromatic nitrogens is 2. The Labute approximate surface area is 145 Å². The van der Waals surface area contributed by atoms with Crippen molar-refractivity contribution in [2.75, 3.05) is 6.61 Å². The zero-order valence-corrected chi connectivity index (χ0v) is 14.6. The summed E-state index contributed by atoms with van der Waals surface area (Å²) >= 11 is 0. The van der Waals surface area contributed by atoms with Gasteiger partial charge in [-0.1, -0.05) is 12.1 Å². The minimum absolute atomic E-state index is 0.158. The van der Waals surface area contributed by atoms with Crippen molar-refractivity contribution in [1.29, 1.82) is 0 Å². The van der Waals surface area contributed by atoms with Gasteiger partial charge in [-0.15, -0.1) is 0 Å². The lowest BCUT2D eigenvalue weighted by atomic mass is 10.1. The van der Waals surface area contributed by atoms with E-state index in [0.29, 0.717) is 17.9 Å². The quantitative estimate of drug-likeness (QED) is 0.708. The smallest absolute Gasteiger partial charge is 0.325 e. The normalized spacial score (nSPS) is 11.8. The predicted octanol–water partition coefficient (Wildman–Crippen LogP) is 1.58. The molecule has 1 atom stereocenters. The molecule has 7 nitrogen and oxygen atoms in total. The number of H-pyrrole nitrogens is 2. The number of amides is 1. The lowest BCUT2D eigenvalue weighted by molar-refractivity contribution is -0.121. The zero-order valence-electron chi connectivity index (χ0n) is 14.6. The van der Waals surface area contributed by atoms with Crippen molar-refractivity contribution in [3.63, 3.8) is 0 Å². The van der Waals surface area contributed by atoms with E-state index in [0.717, 1.165) is 11.3 Å². The molecule has 0 aliphatic heterocycles. The molecule has 1 aromatic heterocycles. The third kappa shape index (κ3) is 5.07. The fraction of sp³-hybridized carbons (Fsp3) is 0.389. The summed E-state index contributed by atoms with van der Waals surface area (Å²) in [6.07, 6.45) is 0.418. The molecule has 0 aliphatic rings. The van der Waals surface area contributed by atoms with Gasteiger partial charge < -0.3 is 15.0 Å². The molecular formula is C18H23N3O4. The van der Waals surface area contributed by atoms with Gasteiger partial charge >= 0.3 is 5.69 Å². The van der Waals surface area contributed by atoms with E-state index >= 15 is 0 Å². The van der Waals surface area contributed by atoms with Gasteiger partial charge in [0.2, 0.25) is 5.91 Å². The second-order valence-corrected chi connectivity index (χ2v) is 5.81. The molecule has 25 heavy (non-hydrogen) atoms. The SMILES string of the molecule is CCOc1cccc([C@H](C)NC(=O)CCc2c(C)[nH]c(=O)[nH]c2=O)c1. The summed E-state index contributed by atoms with van der Waals surface area (Å²) < 4.78 is 5.46. The van der Waals surface area contributed by atoms with E-state index in [2.05, 4.69) is 15.3 Å². The van der Waals surface area contributed by atoms with Gasteiger partial charge in [0.25, 0.3) is 5.56 Å². The summed E-state index contributed by atoms with van der Waals surface area (Å²) in [5.41, 5.74) is 0.849. The van der Waals surface area contributed by atoms with E-state index in [1.165, 1.54) is 0 Å². The number of nitrogens with one attached hydrogen (secondary N) is 3. The topological polar surface area (TPSA) is 104 Å². The van der Waals surface area contributed by atoms with E-state index in [-0.39, 0.29) is 24.8 Å². The lowest BCUT2D eigenvalue weighted by Crippen LogP contribution is -2.30. The first-order chi connectivity index (χ1) is 11.9. The number of hydrogen-bond acceptors (Lipinski definition) is 4. The molecule has 7 heteroatoms. The average Bonchev–Trinajstić information content (AvgIpc) is 2.54. The third-order valence-electron chi connectivity index (χ3n) is 3.90. The van der Waals surface area contributed by atoms with Crippen LogP contribution in [0.4, 0.5) is 0 Å². The Morgan fingerprint density at radius 2 is 2.04 bits per heavy atom. The molecular weight excluding hydrogens is 322 g/mol. The van der Waals surface area contributed by atoms with Crippen molar-refractivity contribution in [2.24, 2.45) is 0 Å². The molecule has 1 aromatic carbocycles. The van der Waals surface area contributed by atoms with Crippen molar-refractivity contribution in [1.82, 2.24) is 15.3 Å². The van der Waals surface area contributed by atoms with Crippen LogP contribution in [0.25, 0.3) is 0 Å². The van der Waals surface area contributed by atoms with Crippen LogP contribution in [0.15, 0.2) is 33.9 Å². The van der Waals surface area contributed by atoms with E-state index in [1.807, 2.05) is 38.1 Å². The molecule has 2 aromatic rings. The molecule has 0 saturated heterocycles. The molecule has 0 aliphatic carbocycles. The standard InChI is InChI=1S/C18H23N3O4/c1-4-25-14-7-5-6-13(10-14)11(2)19-16(22)9-8-15-12(3)20-18(24)21-17(15)23/h5-7,10-11H,4,8-9H2,1-3H3,(H,19,22)(H2,20,21,23,24)/t11-/m0/s1. The van der Waals surface area contributed by atoms with Crippen LogP contribution in [-0.2, 0) is 11.2 Å². The average molecular weight is 345 g/mol. The number of carbonyl (C=O) groups is 1. The maximum Gasteiger partial charge on any atom is 0.325 e. The molecule has 0 fully saturated rings. The molecule has 0 saturated carbocycles. The largest absolute Gasteiger partial charge is 0.494 e. The first-order valence-corrected chi connectivity index (χ1v) is 8.25. The summed E-state index contributed by atoms with van der Waals surface area (Å²) in [6, 6.07) is 7.39. The molecule has 0 spiro atoms. The Kier molecular flexibility index (Phi) is 6.16. The highest BCUT2D eigenvalue weighted by molar-refractivity contribution is 5.76. The van der Waals surface area contributed by atoms with E-state index in [9.17, 15) is 14.4 Å². The number of rotatable bonds is 7. The lowest BCUT2D eigenvalue weighted by Gasteiger charge is -2.15. The first kappa shape index (κ1) is 18.5. The van der Waals surface area contributed by atoms with Gasteiger partial charge in [-0.3, -0.25) is 14.6 Å². The minimum Gasteiger partial charge on any atom is -0.494 e. The number of hydrogen-bond donors (Lipinski definition) is 3. The molecule has 0 unspecified atom stereocenters. The van der Waals surface area contributed by atoms with E-state index in [1.54, 1.807) is 6.92 Å². The Morgan fingerprint density at radius 3 is 2.72 bits per heavy atom. The molecule has 0 bridgehead atoms. The molecule has 1 heterocycles. The van der Waals surface area contributed by atoms with E-state index in [4.69, 9.17) is 4.74 Å². The number of aromatic amines is 2. The Hall–Kier alpha value is -2.83. The van der Waals surface area contributed by atoms with Crippen LogP contribution >= 0.6 is 0 Å². The van der Waals surface area contributed by atoms with Crippen molar-refractivity contribution in [3.8, 4) is 5.75 Å². The molecule has 0 radical (unpaired) electrons. The highest BCUT2D eigenvalue weighted by atomic mass is 16.5. The van der Waals surface area contributed by atoms with Crippen LogP contribution in [-0.4, -0.2) is 22.5 Å². The van der Waals surface area contributed by atoms with Crippen molar-refractivity contribution >= 4 is 5.91 Å². The monoisotopic (exact) mass is 345 g/mol. The summed E-state index contributed by atoms with van der Waals surface area (Å²) in [5.74, 6) is 0.593. The van der Waals surface area contributed by atoms with Gasteiger partial charge in [0, 0.05) is 17.7 Å². The van der Waals surface area contributed by atoms with Crippen molar-refractivity contribution in [3.05, 3.63) is 61.9 Å². The van der Waals surface area contributed by atoms with Gasteiger partial charge in [0.05, 0.1) is 12.6 Å². The minimum atomic E-state index is -0.543. The van der Waals surface area contributed by atoms with Gasteiger partial charge in [0.15, 0.2) is 0 Å². The number of benzene rings is 1. The molecule has 3 N–H and O–H groups in total. The highest BCUT2D eigenvalue weighted by Crippen LogP contribution is 2.19. The second kappa shape index (κ2) is 8.32. The molecule has 2 rings (SSSR count). The van der Waals surface area contributed by atoms with Crippen LogP contribution in [0.5, 0.6) is 5.75 Å². The summed E-state index contributed by atoms with van der Waals surface area (Å²) in [4.78, 5) is 39.9. The third-order valence-corrected chi connectivity index (χ3v) is 3.90. The van der Waals surface area contributed by atoms with Crippen LogP contribution < -0.4 is 21.3 Å². The van der Waals surface area contributed by atoms with Crippen molar-refractivity contribution < 1.29 is 9.53 Å². The Balaban J connectivity index is 1.97. The van der Waals surface area contributed by atoms with Gasteiger partial charge in [-0.25, -0.2) is 4.79 Å². The molecule has 1 amide bonds. The predicted molar refractivity (Wildman–Crippen MR) is 94.9 cm³/mol. The van der Waals surface area contributed by atoms with Crippen LogP contribution in [0, 0.1) is 6.92 Å². The Morgan fingerprint density at radius 1 is 1.28 bits per heavy atom. The maximum atomic E-state index is 12.2. The highest BCUT2D eigenvalue weighted by Gasteiger charge is 2.13. The first-order valence-electron chi connectivity index (χ1n) is 8.25. The number of ether oxygens (including phenoxy) is 1. The van der Waals surface area contributed by atoms with Crippen LogP contribution in [0.3, 0.4) is 0 Å². The maximum absolute atomic E-state index is 12.2. The van der Waals surface area contributed by atoms with Crippen molar-refractivity contribution in [2.45, 2.75) is 39.7 Å². The van der Waals surface area contributed by atoms with E-state index < -0.39 is 11.2 Å². The van der Waals surface area contributed by atoms with Crippen LogP contribution in [0.2, 0.25) is 0 Å². The second-order valence-electron chi connectivity index (χ2n) is 5.81. The van der Waals surface area contributed by atoms with Gasteiger partial charge in [0.1, 0.15) is 5.75 Å². The Bertz CT molecular complexity index is 854. The van der Waals surface area contributed by atoms with Crippen LogP contribution in [0.1, 0.15) is 43.1 Å². The van der Waals surface area contributed by atoms with Gasteiger partial charge in [-0.2, -0.15) is 0 Å². The fourth-order valence-electron chi connectivity index (χ4n) is 2.60. The summed E-state index contributed by atoms with van der Waals surface area (Å²) in [5, 5.41) is 2.91. The van der Waals surface area contributed by atoms with Gasteiger partial charge in [-0.05, 0) is 44.9 Å². The number of carbonyl (C=O) groups excluding carboxylic acids is 1. The summed E-state index contributed by atoms with van der Waals surface area (Å²) in [7, 11) is 0. The number of aryl methyl sites for hydroxylation is 1. The fourth-order valence-corrected chi connectivity index (χ4v) is 2.60.